The average molecular weight is 841 g/mol. The van der Waals surface area contributed by atoms with Gasteiger partial charge in [0.05, 0.1) is 39.0 Å². The fourth-order valence-corrected chi connectivity index (χ4v) is 11.4. The molecule has 0 amide bonds. The zero-order valence-electron chi connectivity index (χ0n) is 35.5. The third-order valence-corrected chi connectivity index (χ3v) is 14.1. The molecule has 0 bridgehead atoms. The van der Waals surface area contributed by atoms with Gasteiger partial charge in [0.1, 0.15) is 11.5 Å². The van der Waals surface area contributed by atoms with Crippen LogP contribution in [0.1, 0.15) is 22.9 Å². The second-order valence-corrected chi connectivity index (χ2v) is 17.5. The van der Waals surface area contributed by atoms with Crippen molar-refractivity contribution in [1.29, 1.82) is 0 Å². The molecule has 0 fully saturated rings. The fraction of sp³-hybridized carbons (Fsp3) is 0.0167. The molecule has 5 heterocycles. The lowest BCUT2D eigenvalue weighted by Crippen LogP contribution is -2.12. The van der Waals surface area contributed by atoms with Crippen LogP contribution in [0.3, 0.4) is 0 Å². The minimum Gasteiger partial charge on any atom is -0.294 e. The van der Waals surface area contributed by atoms with Crippen LogP contribution in [0.4, 0.5) is 0 Å². The fourth-order valence-electron chi connectivity index (χ4n) is 11.4. The summed E-state index contributed by atoms with van der Waals surface area (Å²) in [6.45, 7) is 0. The quantitative estimate of drug-likeness (QED) is 0.178. The minimum atomic E-state index is -0.180. The Morgan fingerprint density at radius 2 is 0.758 bits per heavy atom. The van der Waals surface area contributed by atoms with E-state index in [1.165, 1.54) is 49.4 Å². The van der Waals surface area contributed by atoms with Gasteiger partial charge in [-0.2, -0.15) is 9.97 Å². The SMILES string of the molecule is c1ccc2c(c1)-c1ccccc1C2c1nc(-c2ccc3c(c2)c2ccccc2n2c4ccccc4c4c5ccccc5n(c5ccccc35)c42)nc(-n2c3ccccc3c3ccccc32)n1. The van der Waals surface area contributed by atoms with E-state index in [0.717, 1.165) is 71.4 Å². The lowest BCUT2D eigenvalue weighted by molar-refractivity contribution is 0.823. The standard InChI is InChI=1S/C60H36N6/c1-3-23-44-37(17-1)38-18-2-4-24-45(38)55(44)58-61-57(62-60(63-58)66-51-29-13-6-20-41(51)42-21-7-14-30-52(42)66)36-33-34-39-40-19-5-11-27-49(40)64-53-31-15-9-25-46(53)56-47-26-10-16-32-54(47)65(59(56)64)50-28-12-8-22-43(50)48(39)35-36/h1-35,55H. The van der Waals surface area contributed by atoms with Gasteiger partial charge in [-0.1, -0.05) is 170 Å². The lowest BCUT2D eigenvalue weighted by atomic mass is 9.96. The summed E-state index contributed by atoms with van der Waals surface area (Å²) in [7, 11) is 0. The zero-order valence-corrected chi connectivity index (χ0v) is 35.5. The summed E-state index contributed by atoms with van der Waals surface area (Å²) in [6, 6.07) is 76.7. The van der Waals surface area contributed by atoms with Crippen molar-refractivity contribution in [3.63, 3.8) is 0 Å². The van der Waals surface area contributed by atoms with Crippen LogP contribution in [-0.2, 0) is 0 Å². The molecule has 66 heavy (non-hydrogen) atoms. The van der Waals surface area contributed by atoms with Crippen molar-refractivity contribution in [3.05, 3.63) is 229 Å². The molecule has 0 N–H and O–H groups in total. The van der Waals surface area contributed by atoms with Crippen LogP contribution in [0.5, 0.6) is 0 Å². The first-order valence-electron chi connectivity index (χ1n) is 22.6. The highest BCUT2D eigenvalue weighted by Gasteiger charge is 2.33. The van der Waals surface area contributed by atoms with E-state index in [4.69, 9.17) is 15.0 Å². The predicted molar refractivity (Wildman–Crippen MR) is 271 cm³/mol. The molecule has 0 spiro atoms. The van der Waals surface area contributed by atoms with E-state index in [0.29, 0.717) is 11.8 Å². The van der Waals surface area contributed by atoms with Gasteiger partial charge < -0.3 is 0 Å². The molecule has 0 saturated heterocycles. The molecule has 15 rings (SSSR count). The molecule has 6 heteroatoms. The van der Waals surface area contributed by atoms with Crippen molar-refractivity contribution >= 4 is 87.2 Å². The summed E-state index contributed by atoms with van der Waals surface area (Å²) in [5.41, 5.74) is 13.6. The molecule has 9 aromatic carbocycles. The number of nitrogens with zero attached hydrogens (tertiary/aromatic N) is 6. The average Bonchev–Trinajstić information content (AvgIpc) is 4.11. The number of hydrogen-bond acceptors (Lipinski definition) is 3. The van der Waals surface area contributed by atoms with Crippen LogP contribution in [-0.4, -0.2) is 28.3 Å². The van der Waals surface area contributed by atoms with Gasteiger partial charge in [-0.15, -0.1) is 0 Å². The van der Waals surface area contributed by atoms with Gasteiger partial charge in [-0.25, -0.2) is 4.98 Å². The minimum absolute atomic E-state index is 0.180. The number of fused-ring (bicyclic) bond motifs is 19. The first-order chi connectivity index (χ1) is 32.8. The molecule has 0 radical (unpaired) electrons. The van der Waals surface area contributed by atoms with Gasteiger partial charge in [-0.3, -0.25) is 13.4 Å². The zero-order chi connectivity index (χ0) is 43.0. The van der Waals surface area contributed by atoms with E-state index in [1.54, 1.807) is 0 Å². The number of benzene rings is 9. The Morgan fingerprint density at radius 1 is 0.333 bits per heavy atom. The summed E-state index contributed by atoms with van der Waals surface area (Å²) in [5.74, 6) is 1.76. The largest absolute Gasteiger partial charge is 0.294 e. The topological polar surface area (TPSA) is 52.4 Å². The monoisotopic (exact) mass is 840 g/mol. The van der Waals surface area contributed by atoms with Crippen LogP contribution in [0, 0.1) is 0 Å². The maximum absolute atomic E-state index is 5.54. The van der Waals surface area contributed by atoms with Crippen molar-refractivity contribution in [2.75, 3.05) is 0 Å². The second-order valence-electron chi connectivity index (χ2n) is 17.5. The van der Waals surface area contributed by atoms with Crippen LogP contribution < -0.4 is 0 Å². The Hall–Kier alpha value is -8.87. The number of aromatic nitrogens is 6. The molecule has 0 atom stereocenters. The predicted octanol–water partition coefficient (Wildman–Crippen LogP) is 14.6. The van der Waals surface area contributed by atoms with E-state index < -0.39 is 0 Å². The van der Waals surface area contributed by atoms with E-state index in [9.17, 15) is 0 Å². The highest BCUT2D eigenvalue weighted by Crippen LogP contribution is 2.48. The summed E-state index contributed by atoms with van der Waals surface area (Å²) in [4.78, 5) is 16.5. The van der Waals surface area contributed by atoms with E-state index in [1.807, 2.05) is 0 Å². The Morgan fingerprint density at radius 3 is 1.30 bits per heavy atom. The van der Waals surface area contributed by atoms with Crippen molar-refractivity contribution in [2.45, 2.75) is 5.92 Å². The molecule has 5 aromatic heterocycles. The molecule has 1 aliphatic rings. The van der Waals surface area contributed by atoms with Crippen molar-refractivity contribution in [3.8, 4) is 28.5 Å². The molecule has 1 aliphatic carbocycles. The van der Waals surface area contributed by atoms with E-state index >= 15 is 0 Å². The summed E-state index contributed by atoms with van der Waals surface area (Å²) in [6.07, 6.45) is 0. The van der Waals surface area contributed by atoms with E-state index in [-0.39, 0.29) is 5.92 Å². The molecule has 306 valence electrons. The maximum Gasteiger partial charge on any atom is 0.238 e. The smallest absolute Gasteiger partial charge is 0.238 e. The first kappa shape index (κ1) is 35.6. The summed E-state index contributed by atoms with van der Waals surface area (Å²) in [5, 5.41) is 10.6. The van der Waals surface area contributed by atoms with Gasteiger partial charge in [-0.05, 0) is 75.5 Å². The first-order valence-corrected chi connectivity index (χ1v) is 22.6. The molecule has 14 aromatic rings. The normalized spacial score (nSPS) is 12.8. The van der Waals surface area contributed by atoms with Gasteiger partial charge in [0, 0.05) is 43.3 Å². The molecular weight excluding hydrogens is 805 g/mol. The van der Waals surface area contributed by atoms with Crippen LogP contribution >= 0.6 is 0 Å². The lowest BCUT2D eigenvalue weighted by Gasteiger charge is -2.16. The van der Waals surface area contributed by atoms with Crippen molar-refractivity contribution < 1.29 is 0 Å². The van der Waals surface area contributed by atoms with Gasteiger partial charge in [0.25, 0.3) is 0 Å². The van der Waals surface area contributed by atoms with Crippen LogP contribution in [0.15, 0.2) is 212 Å². The van der Waals surface area contributed by atoms with Crippen LogP contribution in [0.2, 0.25) is 0 Å². The highest BCUT2D eigenvalue weighted by molar-refractivity contribution is 6.25. The van der Waals surface area contributed by atoms with Gasteiger partial charge >= 0.3 is 0 Å². The van der Waals surface area contributed by atoms with Crippen molar-refractivity contribution in [1.82, 2.24) is 28.3 Å². The molecule has 6 nitrogen and oxygen atoms in total. The molecular formula is C60H36N6. The Balaban J connectivity index is 1.09. The van der Waals surface area contributed by atoms with Crippen LogP contribution in [0.25, 0.3) is 116 Å². The third kappa shape index (κ3) is 4.76. The second kappa shape index (κ2) is 13.3. The van der Waals surface area contributed by atoms with Gasteiger partial charge in [0.15, 0.2) is 5.82 Å². The highest BCUT2D eigenvalue weighted by atomic mass is 15.2. The van der Waals surface area contributed by atoms with E-state index in [2.05, 4.69) is 226 Å². The molecule has 0 unspecified atom stereocenters. The maximum atomic E-state index is 5.54. The Kier molecular flexibility index (Phi) is 7.18. The Labute approximate surface area is 377 Å². The number of hydrogen-bond donors (Lipinski definition) is 0. The summed E-state index contributed by atoms with van der Waals surface area (Å²) < 4.78 is 7.18. The summed E-state index contributed by atoms with van der Waals surface area (Å²) >= 11 is 0. The number of para-hydroxylation sites is 6. The van der Waals surface area contributed by atoms with Crippen molar-refractivity contribution in [2.24, 2.45) is 0 Å². The third-order valence-electron chi connectivity index (χ3n) is 14.1. The number of rotatable bonds is 3. The Bertz CT molecular complexity index is 4340. The van der Waals surface area contributed by atoms with Gasteiger partial charge in [0.2, 0.25) is 5.95 Å². The molecule has 0 saturated carbocycles. The molecule has 0 aliphatic heterocycles.